The molecule has 0 amide bonds. The number of halogens is 1. The van der Waals surface area contributed by atoms with E-state index in [-0.39, 0.29) is 0 Å². The Labute approximate surface area is 85.3 Å². The second kappa shape index (κ2) is 3.34. The van der Waals surface area contributed by atoms with E-state index in [1.165, 1.54) is 5.56 Å². The number of hydrogen-bond acceptors (Lipinski definition) is 1. The van der Waals surface area contributed by atoms with E-state index in [0.29, 0.717) is 0 Å². The van der Waals surface area contributed by atoms with Crippen molar-refractivity contribution in [2.75, 3.05) is 0 Å². The number of benzene rings is 1. The van der Waals surface area contributed by atoms with Crippen molar-refractivity contribution in [1.29, 1.82) is 0 Å². The van der Waals surface area contributed by atoms with Crippen LogP contribution in [-0.4, -0.2) is 9.78 Å². The molecule has 1 aromatic heterocycles. The standard InChI is InChI=1S/C10H9BrN2/c1-8-4-2-3-5-9(8)13-10(11)6-7-12-13/h2-7H,1H3. The third-order valence-electron chi connectivity index (χ3n) is 1.94. The summed E-state index contributed by atoms with van der Waals surface area (Å²) in [5.74, 6) is 0. The first-order valence-corrected chi connectivity index (χ1v) is 4.84. The lowest BCUT2D eigenvalue weighted by molar-refractivity contribution is 0.853. The van der Waals surface area contributed by atoms with Crippen LogP contribution in [0.15, 0.2) is 41.1 Å². The molecule has 0 atom stereocenters. The molecule has 0 N–H and O–H groups in total. The fourth-order valence-electron chi connectivity index (χ4n) is 1.27. The van der Waals surface area contributed by atoms with Crippen molar-refractivity contribution in [1.82, 2.24) is 9.78 Å². The number of aromatic nitrogens is 2. The first-order valence-electron chi connectivity index (χ1n) is 4.04. The van der Waals surface area contributed by atoms with Crippen molar-refractivity contribution in [2.24, 2.45) is 0 Å². The van der Waals surface area contributed by atoms with Crippen molar-refractivity contribution < 1.29 is 0 Å². The minimum Gasteiger partial charge on any atom is -0.226 e. The average molecular weight is 237 g/mol. The zero-order chi connectivity index (χ0) is 9.26. The summed E-state index contributed by atoms with van der Waals surface area (Å²) in [4.78, 5) is 0. The van der Waals surface area contributed by atoms with E-state index < -0.39 is 0 Å². The summed E-state index contributed by atoms with van der Waals surface area (Å²) in [7, 11) is 0. The fraction of sp³-hybridized carbons (Fsp3) is 0.100. The molecule has 1 aromatic carbocycles. The highest BCUT2D eigenvalue weighted by Gasteiger charge is 2.03. The van der Waals surface area contributed by atoms with Crippen molar-refractivity contribution >= 4 is 15.9 Å². The summed E-state index contributed by atoms with van der Waals surface area (Å²) in [5, 5.41) is 4.22. The highest BCUT2D eigenvalue weighted by Crippen LogP contribution is 2.18. The van der Waals surface area contributed by atoms with Crippen molar-refractivity contribution in [2.45, 2.75) is 6.92 Å². The maximum Gasteiger partial charge on any atom is 0.109 e. The number of hydrogen-bond donors (Lipinski definition) is 0. The molecule has 0 aliphatic heterocycles. The molecule has 2 rings (SSSR count). The lowest BCUT2D eigenvalue weighted by Crippen LogP contribution is -1.98. The van der Waals surface area contributed by atoms with Gasteiger partial charge in [0.25, 0.3) is 0 Å². The summed E-state index contributed by atoms with van der Waals surface area (Å²) < 4.78 is 2.84. The molecule has 1 heterocycles. The van der Waals surface area contributed by atoms with Crippen LogP contribution in [-0.2, 0) is 0 Å². The van der Waals surface area contributed by atoms with Gasteiger partial charge in [-0.25, -0.2) is 4.68 Å². The number of aryl methyl sites for hydroxylation is 1. The monoisotopic (exact) mass is 236 g/mol. The van der Waals surface area contributed by atoms with Crippen molar-refractivity contribution in [3.05, 3.63) is 46.7 Å². The molecule has 0 spiro atoms. The summed E-state index contributed by atoms with van der Waals surface area (Å²) in [6.07, 6.45) is 1.77. The third-order valence-corrected chi connectivity index (χ3v) is 2.54. The lowest BCUT2D eigenvalue weighted by Gasteiger charge is -2.05. The summed E-state index contributed by atoms with van der Waals surface area (Å²) in [5.41, 5.74) is 2.33. The maximum absolute atomic E-state index is 4.22. The Morgan fingerprint density at radius 3 is 2.62 bits per heavy atom. The molecular formula is C10H9BrN2. The van der Waals surface area contributed by atoms with Crippen LogP contribution in [0.5, 0.6) is 0 Å². The molecule has 0 aliphatic rings. The van der Waals surface area contributed by atoms with Crippen LogP contribution in [0.25, 0.3) is 5.69 Å². The predicted molar refractivity (Wildman–Crippen MR) is 56.0 cm³/mol. The molecular weight excluding hydrogens is 228 g/mol. The van der Waals surface area contributed by atoms with Crippen LogP contribution >= 0.6 is 15.9 Å². The van der Waals surface area contributed by atoms with Gasteiger partial charge in [0.2, 0.25) is 0 Å². The van der Waals surface area contributed by atoms with Gasteiger partial charge in [-0.05, 0) is 40.5 Å². The van der Waals surface area contributed by atoms with Gasteiger partial charge in [-0.15, -0.1) is 0 Å². The Kier molecular flexibility index (Phi) is 2.19. The van der Waals surface area contributed by atoms with Gasteiger partial charge in [-0.2, -0.15) is 5.10 Å². The van der Waals surface area contributed by atoms with Gasteiger partial charge in [-0.1, -0.05) is 18.2 Å². The maximum atomic E-state index is 4.22. The Morgan fingerprint density at radius 2 is 2.00 bits per heavy atom. The van der Waals surface area contributed by atoms with Gasteiger partial charge < -0.3 is 0 Å². The molecule has 13 heavy (non-hydrogen) atoms. The molecule has 0 radical (unpaired) electrons. The summed E-state index contributed by atoms with van der Waals surface area (Å²) >= 11 is 3.44. The van der Waals surface area contributed by atoms with Crippen LogP contribution in [0.4, 0.5) is 0 Å². The molecule has 0 fully saturated rings. The average Bonchev–Trinajstić information content (AvgIpc) is 2.52. The Bertz CT molecular complexity index is 420. The van der Waals surface area contributed by atoms with Gasteiger partial charge in [0.1, 0.15) is 4.60 Å². The number of rotatable bonds is 1. The van der Waals surface area contributed by atoms with Crippen LogP contribution in [0, 0.1) is 6.92 Å². The Hall–Kier alpha value is -1.09. The van der Waals surface area contributed by atoms with E-state index in [0.717, 1.165) is 10.3 Å². The Balaban J connectivity index is 2.59. The second-order valence-electron chi connectivity index (χ2n) is 2.85. The summed E-state index contributed by atoms with van der Waals surface area (Å²) in [6.45, 7) is 2.07. The van der Waals surface area contributed by atoms with Crippen molar-refractivity contribution in [3.8, 4) is 5.69 Å². The molecule has 0 unspecified atom stereocenters. The van der Waals surface area contributed by atoms with Gasteiger partial charge >= 0.3 is 0 Å². The third kappa shape index (κ3) is 1.52. The largest absolute Gasteiger partial charge is 0.226 e. The number of para-hydroxylation sites is 1. The number of nitrogens with zero attached hydrogens (tertiary/aromatic N) is 2. The first kappa shape index (κ1) is 8.51. The van der Waals surface area contributed by atoms with Crippen LogP contribution in [0.3, 0.4) is 0 Å². The molecule has 0 bridgehead atoms. The van der Waals surface area contributed by atoms with Crippen LogP contribution in [0.2, 0.25) is 0 Å². The minimum atomic E-state index is 0.974. The van der Waals surface area contributed by atoms with Gasteiger partial charge in [-0.3, -0.25) is 0 Å². The van der Waals surface area contributed by atoms with E-state index in [4.69, 9.17) is 0 Å². The van der Waals surface area contributed by atoms with Gasteiger partial charge in [0, 0.05) is 0 Å². The van der Waals surface area contributed by atoms with E-state index in [1.54, 1.807) is 6.20 Å². The zero-order valence-corrected chi connectivity index (χ0v) is 8.82. The van der Waals surface area contributed by atoms with Gasteiger partial charge in [0.15, 0.2) is 0 Å². The van der Waals surface area contributed by atoms with E-state index in [9.17, 15) is 0 Å². The van der Waals surface area contributed by atoms with Crippen LogP contribution in [0.1, 0.15) is 5.56 Å². The molecule has 2 nitrogen and oxygen atoms in total. The van der Waals surface area contributed by atoms with Crippen molar-refractivity contribution in [3.63, 3.8) is 0 Å². The molecule has 3 heteroatoms. The molecule has 0 saturated heterocycles. The predicted octanol–water partition coefficient (Wildman–Crippen LogP) is 2.94. The molecule has 0 aliphatic carbocycles. The van der Waals surface area contributed by atoms with Gasteiger partial charge in [0.05, 0.1) is 11.9 Å². The quantitative estimate of drug-likeness (QED) is 0.745. The summed E-state index contributed by atoms with van der Waals surface area (Å²) in [6, 6.07) is 10.1. The zero-order valence-electron chi connectivity index (χ0n) is 7.24. The van der Waals surface area contributed by atoms with E-state index >= 15 is 0 Å². The lowest BCUT2D eigenvalue weighted by atomic mass is 10.2. The van der Waals surface area contributed by atoms with E-state index in [2.05, 4.69) is 34.0 Å². The normalized spacial score (nSPS) is 10.3. The molecule has 66 valence electrons. The smallest absolute Gasteiger partial charge is 0.109 e. The van der Waals surface area contributed by atoms with Crippen LogP contribution < -0.4 is 0 Å². The fourth-order valence-corrected chi connectivity index (χ4v) is 1.67. The Morgan fingerprint density at radius 1 is 1.23 bits per heavy atom. The van der Waals surface area contributed by atoms with E-state index in [1.807, 2.05) is 28.9 Å². The SMILES string of the molecule is Cc1ccccc1-n1nccc1Br. The molecule has 0 saturated carbocycles. The minimum absolute atomic E-state index is 0.974. The topological polar surface area (TPSA) is 17.8 Å². The molecule has 2 aromatic rings. The highest BCUT2D eigenvalue weighted by atomic mass is 79.9. The first-order chi connectivity index (χ1) is 6.29. The highest BCUT2D eigenvalue weighted by molar-refractivity contribution is 9.10. The second-order valence-corrected chi connectivity index (χ2v) is 3.66.